The van der Waals surface area contributed by atoms with E-state index < -0.39 is 11.9 Å². The maximum atomic E-state index is 10.9. The van der Waals surface area contributed by atoms with Crippen LogP contribution in [-0.4, -0.2) is 23.9 Å². The van der Waals surface area contributed by atoms with Gasteiger partial charge in [-0.15, -0.1) is 11.6 Å². The van der Waals surface area contributed by atoms with Gasteiger partial charge in [0.1, 0.15) is 5.88 Å². The fourth-order valence-corrected chi connectivity index (χ4v) is 0.589. The van der Waals surface area contributed by atoms with Crippen LogP contribution in [0.5, 0.6) is 0 Å². The molecule has 2 N–H and O–H groups in total. The highest BCUT2D eigenvalue weighted by atomic mass is 35.5. The van der Waals surface area contributed by atoms with Crippen LogP contribution in [0.3, 0.4) is 0 Å². The first-order valence-electron chi connectivity index (χ1n) is 3.76. The molecular formula is C7H13ClN2O2. The van der Waals surface area contributed by atoms with Crippen molar-refractivity contribution in [3.05, 3.63) is 0 Å². The van der Waals surface area contributed by atoms with Gasteiger partial charge in [0.15, 0.2) is 0 Å². The average Bonchev–Trinajstić information content (AvgIpc) is 2.03. The zero-order valence-corrected chi connectivity index (χ0v) is 7.94. The van der Waals surface area contributed by atoms with Gasteiger partial charge in [-0.25, -0.2) is 4.79 Å². The third-order valence-corrected chi connectivity index (χ3v) is 1.61. The summed E-state index contributed by atoms with van der Waals surface area (Å²) in [6, 6.07) is -0.428. The van der Waals surface area contributed by atoms with Gasteiger partial charge in [0.25, 0.3) is 0 Å². The van der Waals surface area contributed by atoms with E-state index in [4.69, 9.17) is 11.6 Å². The van der Waals surface area contributed by atoms with Gasteiger partial charge in [0, 0.05) is 6.04 Å². The Morgan fingerprint density at radius 2 is 2.08 bits per heavy atom. The normalized spacial score (nSPS) is 11.9. The molecule has 0 aromatic heterocycles. The molecule has 5 heteroatoms. The van der Waals surface area contributed by atoms with Crippen molar-refractivity contribution >= 4 is 23.5 Å². The molecule has 0 fully saturated rings. The first kappa shape index (κ1) is 11.2. The number of halogens is 1. The van der Waals surface area contributed by atoms with E-state index in [1.165, 1.54) is 0 Å². The minimum Gasteiger partial charge on any atom is -0.335 e. The van der Waals surface area contributed by atoms with Crippen molar-refractivity contribution in [2.75, 3.05) is 5.88 Å². The van der Waals surface area contributed by atoms with E-state index in [0.29, 0.717) is 0 Å². The highest BCUT2D eigenvalue weighted by molar-refractivity contribution is 6.28. The lowest BCUT2D eigenvalue weighted by Gasteiger charge is -2.10. The Kier molecular flexibility index (Phi) is 5.45. The Morgan fingerprint density at radius 1 is 1.50 bits per heavy atom. The van der Waals surface area contributed by atoms with Crippen LogP contribution in [0.1, 0.15) is 20.3 Å². The number of carbonyl (C=O) groups is 2. The molecule has 0 aliphatic rings. The number of urea groups is 1. The minimum absolute atomic E-state index is 0.0631. The van der Waals surface area contributed by atoms with E-state index in [1.807, 2.05) is 13.8 Å². The summed E-state index contributed by atoms with van der Waals surface area (Å²) in [7, 11) is 0. The summed E-state index contributed by atoms with van der Waals surface area (Å²) in [5, 5.41) is 4.64. The summed E-state index contributed by atoms with van der Waals surface area (Å²) < 4.78 is 0. The van der Waals surface area contributed by atoms with Crippen molar-refractivity contribution in [2.24, 2.45) is 0 Å². The highest BCUT2D eigenvalue weighted by Crippen LogP contribution is 1.86. The van der Waals surface area contributed by atoms with Crippen LogP contribution in [0, 0.1) is 0 Å². The smallest absolute Gasteiger partial charge is 0.321 e. The number of hydrogen-bond donors (Lipinski definition) is 2. The molecule has 12 heavy (non-hydrogen) atoms. The summed E-state index contributed by atoms with van der Waals surface area (Å²) in [5.74, 6) is -0.689. The van der Waals surface area contributed by atoms with Gasteiger partial charge in [-0.1, -0.05) is 6.92 Å². The molecule has 1 unspecified atom stereocenters. The lowest BCUT2D eigenvalue weighted by molar-refractivity contribution is -0.117. The van der Waals surface area contributed by atoms with Crippen molar-refractivity contribution < 1.29 is 9.59 Å². The zero-order valence-electron chi connectivity index (χ0n) is 7.19. The van der Waals surface area contributed by atoms with Crippen molar-refractivity contribution in [3.63, 3.8) is 0 Å². The van der Waals surface area contributed by atoms with Crippen LogP contribution in [0.25, 0.3) is 0 Å². The Bertz CT molecular complexity index is 173. The lowest BCUT2D eigenvalue weighted by atomic mass is 10.3. The second-order valence-electron chi connectivity index (χ2n) is 2.46. The van der Waals surface area contributed by atoms with Gasteiger partial charge in [-0.3, -0.25) is 10.1 Å². The van der Waals surface area contributed by atoms with Crippen LogP contribution in [-0.2, 0) is 4.79 Å². The Balaban J connectivity index is 3.66. The van der Waals surface area contributed by atoms with Gasteiger partial charge >= 0.3 is 6.03 Å². The van der Waals surface area contributed by atoms with Crippen molar-refractivity contribution in [1.82, 2.24) is 10.6 Å². The molecule has 0 bridgehead atoms. The fourth-order valence-electron chi connectivity index (χ4n) is 0.522. The predicted molar refractivity (Wildman–Crippen MR) is 47.1 cm³/mol. The number of carbonyl (C=O) groups excluding carboxylic acids is 2. The molecule has 0 radical (unpaired) electrons. The van der Waals surface area contributed by atoms with Crippen LogP contribution in [0.4, 0.5) is 4.79 Å². The summed E-state index contributed by atoms with van der Waals surface area (Å²) >= 11 is 5.17. The second-order valence-corrected chi connectivity index (χ2v) is 2.73. The van der Waals surface area contributed by atoms with Gasteiger partial charge in [0.2, 0.25) is 5.91 Å². The van der Waals surface area contributed by atoms with E-state index in [1.54, 1.807) is 0 Å². The number of hydrogen-bond acceptors (Lipinski definition) is 2. The molecule has 4 nitrogen and oxygen atoms in total. The minimum atomic E-state index is -0.491. The predicted octanol–water partition coefficient (Wildman–Crippen LogP) is 0.850. The largest absolute Gasteiger partial charge is 0.335 e. The Labute approximate surface area is 76.7 Å². The molecule has 0 rings (SSSR count). The molecule has 0 aliphatic carbocycles. The number of alkyl halides is 1. The third-order valence-electron chi connectivity index (χ3n) is 1.36. The molecule has 0 saturated heterocycles. The third kappa shape index (κ3) is 4.96. The Morgan fingerprint density at radius 3 is 2.50 bits per heavy atom. The SMILES string of the molecule is CCC(C)NC(=O)NC(=O)CCl. The number of amides is 3. The van der Waals surface area contributed by atoms with Crippen molar-refractivity contribution in [2.45, 2.75) is 26.3 Å². The van der Waals surface area contributed by atoms with Gasteiger partial charge in [-0.2, -0.15) is 0 Å². The van der Waals surface area contributed by atoms with E-state index in [0.717, 1.165) is 6.42 Å². The van der Waals surface area contributed by atoms with Gasteiger partial charge in [0.05, 0.1) is 0 Å². The quantitative estimate of drug-likeness (QED) is 0.652. The molecule has 0 saturated carbocycles. The van der Waals surface area contributed by atoms with Crippen molar-refractivity contribution in [3.8, 4) is 0 Å². The van der Waals surface area contributed by atoms with Crippen LogP contribution in [0.15, 0.2) is 0 Å². The van der Waals surface area contributed by atoms with E-state index in [2.05, 4.69) is 10.6 Å². The van der Waals surface area contributed by atoms with Crippen molar-refractivity contribution in [1.29, 1.82) is 0 Å². The van der Waals surface area contributed by atoms with E-state index >= 15 is 0 Å². The number of imide groups is 1. The maximum Gasteiger partial charge on any atom is 0.321 e. The zero-order chi connectivity index (χ0) is 9.56. The first-order chi connectivity index (χ1) is 5.60. The fraction of sp³-hybridized carbons (Fsp3) is 0.714. The summed E-state index contributed by atoms with van der Waals surface area (Å²) in [6.45, 7) is 3.79. The standard InChI is InChI=1S/C7H13ClN2O2/c1-3-5(2)9-7(12)10-6(11)4-8/h5H,3-4H2,1-2H3,(H2,9,10,11,12). The molecule has 3 amide bonds. The topological polar surface area (TPSA) is 58.2 Å². The monoisotopic (exact) mass is 192 g/mol. The summed E-state index contributed by atoms with van der Waals surface area (Å²) in [6.07, 6.45) is 0.822. The first-order valence-corrected chi connectivity index (χ1v) is 4.29. The molecule has 0 spiro atoms. The van der Waals surface area contributed by atoms with Crippen LogP contribution < -0.4 is 10.6 Å². The molecule has 0 aromatic rings. The second kappa shape index (κ2) is 5.83. The Hall–Kier alpha value is -0.770. The molecular weight excluding hydrogens is 180 g/mol. The maximum absolute atomic E-state index is 10.9. The van der Waals surface area contributed by atoms with Crippen LogP contribution >= 0.6 is 11.6 Å². The van der Waals surface area contributed by atoms with E-state index in [9.17, 15) is 9.59 Å². The number of nitrogens with one attached hydrogen (secondary N) is 2. The van der Waals surface area contributed by atoms with E-state index in [-0.39, 0.29) is 11.9 Å². The van der Waals surface area contributed by atoms with Crippen LogP contribution in [0.2, 0.25) is 0 Å². The molecule has 1 atom stereocenters. The summed E-state index contributed by atoms with van der Waals surface area (Å²) in [4.78, 5) is 21.5. The van der Waals surface area contributed by atoms with Gasteiger partial charge < -0.3 is 5.32 Å². The molecule has 0 aliphatic heterocycles. The van der Waals surface area contributed by atoms with Gasteiger partial charge in [-0.05, 0) is 13.3 Å². The summed E-state index contributed by atoms with van der Waals surface area (Å²) in [5.41, 5.74) is 0. The lowest BCUT2D eigenvalue weighted by Crippen LogP contribution is -2.43. The molecule has 70 valence electrons. The molecule has 0 heterocycles. The molecule has 0 aromatic carbocycles. The highest BCUT2D eigenvalue weighted by Gasteiger charge is 2.07. The number of rotatable bonds is 3. The average molecular weight is 193 g/mol.